The van der Waals surface area contributed by atoms with E-state index in [0.717, 1.165) is 0 Å². The normalized spacial score (nSPS) is 12.2. The molecule has 9 heteroatoms. The molecule has 0 aliphatic carbocycles. The van der Waals surface area contributed by atoms with Crippen LogP contribution in [-0.2, 0) is 4.74 Å². The van der Waals surface area contributed by atoms with E-state index in [2.05, 4.69) is 30.4 Å². The number of hydrogen-bond donors (Lipinski definition) is 1. The van der Waals surface area contributed by atoms with Crippen molar-refractivity contribution in [1.29, 1.82) is 0 Å². The van der Waals surface area contributed by atoms with Gasteiger partial charge in [-0.2, -0.15) is 24.7 Å². The van der Waals surface area contributed by atoms with E-state index < -0.39 is 0 Å². The molecule has 0 saturated heterocycles. The first-order chi connectivity index (χ1) is 9.72. The molecular formula is C11H17N7O2. The molecule has 0 aromatic carbocycles. The zero-order chi connectivity index (χ0) is 14.4. The second-order valence-electron chi connectivity index (χ2n) is 4.00. The van der Waals surface area contributed by atoms with Crippen molar-refractivity contribution in [2.24, 2.45) is 0 Å². The van der Waals surface area contributed by atoms with Crippen LogP contribution in [0.15, 0.2) is 12.7 Å². The Labute approximate surface area is 116 Å². The molecule has 0 aliphatic heterocycles. The maximum absolute atomic E-state index is 5.59. The van der Waals surface area contributed by atoms with Crippen LogP contribution in [0.5, 0.6) is 6.01 Å². The monoisotopic (exact) mass is 279 g/mol. The van der Waals surface area contributed by atoms with Gasteiger partial charge >= 0.3 is 6.01 Å². The second kappa shape index (κ2) is 6.75. The number of methoxy groups -OCH3 is 1. The summed E-state index contributed by atoms with van der Waals surface area (Å²) in [6.07, 6.45) is 2.75. The standard InChI is InChI=1S/C11H17N7O2/c1-4-13-9-15-10(18-7-12-6-14-18)17-11(16-9)20-8(2)5-19-3/h6-8H,4-5H2,1-3H3,(H,13,15,16,17). The van der Waals surface area contributed by atoms with Gasteiger partial charge in [0.25, 0.3) is 5.95 Å². The van der Waals surface area contributed by atoms with Crippen molar-refractivity contribution in [3.8, 4) is 12.0 Å². The van der Waals surface area contributed by atoms with Crippen molar-refractivity contribution in [3.05, 3.63) is 12.7 Å². The summed E-state index contributed by atoms with van der Waals surface area (Å²) in [5, 5.41) is 7.01. The van der Waals surface area contributed by atoms with Crippen molar-refractivity contribution in [3.63, 3.8) is 0 Å². The summed E-state index contributed by atoms with van der Waals surface area (Å²) in [4.78, 5) is 16.5. The molecule has 2 aromatic heterocycles. The largest absolute Gasteiger partial charge is 0.458 e. The van der Waals surface area contributed by atoms with Crippen LogP contribution in [0.1, 0.15) is 13.8 Å². The zero-order valence-electron chi connectivity index (χ0n) is 11.6. The molecule has 2 aromatic rings. The van der Waals surface area contributed by atoms with Gasteiger partial charge in [0.2, 0.25) is 5.95 Å². The molecule has 0 bridgehead atoms. The van der Waals surface area contributed by atoms with Gasteiger partial charge in [0.1, 0.15) is 18.8 Å². The van der Waals surface area contributed by atoms with Crippen LogP contribution in [-0.4, -0.2) is 56.1 Å². The quantitative estimate of drug-likeness (QED) is 0.772. The van der Waals surface area contributed by atoms with Crippen LogP contribution in [0, 0.1) is 0 Å². The highest BCUT2D eigenvalue weighted by atomic mass is 16.5. The summed E-state index contributed by atoms with van der Waals surface area (Å²) in [5.74, 6) is 0.765. The van der Waals surface area contributed by atoms with E-state index in [1.54, 1.807) is 7.11 Å². The van der Waals surface area contributed by atoms with Crippen molar-refractivity contribution in [2.45, 2.75) is 20.0 Å². The maximum Gasteiger partial charge on any atom is 0.323 e. The Balaban J connectivity index is 2.26. The molecule has 9 nitrogen and oxygen atoms in total. The average Bonchev–Trinajstić information content (AvgIpc) is 2.93. The third kappa shape index (κ3) is 3.60. The first-order valence-electron chi connectivity index (χ1n) is 6.23. The Morgan fingerprint density at radius 1 is 1.35 bits per heavy atom. The molecule has 2 rings (SSSR count). The van der Waals surface area contributed by atoms with Crippen LogP contribution >= 0.6 is 0 Å². The predicted octanol–water partition coefficient (Wildman–Crippen LogP) is 0.298. The Kier molecular flexibility index (Phi) is 4.77. The molecule has 1 N–H and O–H groups in total. The smallest absolute Gasteiger partial charge is 0.323 e. The minimum absolute atomic E-state index is 0.166. The molecule has 0 aliphatic rings. The number of nitrogens with zero attached hydrogens (tertiary/aromatic N) is 6. The molecule has 1 atom stereocenters. The molecule has 108 valence electrons. The lowest BCUT2D eigenvalue weighted by atomic mass is 10.4. The van der Waals surface area contributed by atoms with Crippen LogP contribution in [0.3, 0.4) is 0 Å². The lowest BCUT2D eigenvalue weighted by Gasteiger charge is -2.13. The first-order valence-corrected chi connectivity index (χ1v) is 6.23. The van der Waals surface area contributed by atoms with Gasteiger partial charge in [0.05, 0.1) is 6.61 Å². The van der Waals surface area contributed by atoms with E-state index in [1.807, 2.05) is 13.8 Å². The van der Waals surface area contributed by atoms with Gasteiger partial charge in [-0.3, -0.25) is 0 Å². The second-order valence-corrected chi connectivity index (χ2v) is 4.00. The third-order valence-corrected chi connectivity index (χ3v) is 2.27. The Bertz CT molecular complexity index is 532. The molecular weight excluding hydrogens is 262 g/mol. The maximum atomic E-state index is 5.59. The van der Waals surface area contributed by atoms with Crippen LogP contribution < -0.4 is 10.1 Å². The summed E-state index contributed by atoms with van der Waals surface area (Å²) in [7, 11) is 1.61. The molecule has 0 fully saturated rings. The number of ether oxygens (including phenoxy) is 2. The zero-order valence-corrected chi connectivity index (χ0v) is 11.6. The minimum Gasteiger partial charge on any atom is -0.458 e. The molecule has 0 saturated carbocycles. The summed E-state index contributed by atoms with van der Waals surface area (Å²) < 4.78 is 12.0. The third-order valence-electron chi connectivity index (χ3n) is 2.27. The SMILES string of the molecule is CCNc1nc(OC(C)COC)nc(-n2cncn2)n1. The highest BCUT2D eigenvalue weighted by Gasteiger charge is 2.12. The van der Waals surface area contributed by atoms with Crippen LogP contribution in [0.25, 0.3) is 5.95 Å². The van der Waals surface area contributed by atoms with Gasteiger partial charge in [-0.15, -0.1) is 0 Å². The van der Waals surface area contributed by atoms with Gasteiger partial charge in [0, 0.05) is 13.7 Å². The van der Waals surface area contributed by atoms with Crippen LogP contribution in [0.2, 0.25) is 0 Å². The molecule has 2 heterocycles. The summed E-state index contributed by atoms with van der Waals surface area (Å²) in [6.45, 7) is 4.96. The van der Waals surface area contributed by atoms with Crippen molar-refractivity contribution in [1.82, 2.24) is 29.7 Å². The first kappa shape index (κ1) is 14.1. The van der Waals surface area contributed by atoms with Gasteiger partial charge in [-0.1, -0.05) is 0 Å². The fraction of sp³-hybridized carbons (Fsp3) is 0.545. The molecule has 20 heavy (non-hydrogen) atoms. The van der Waals surface area contributed by atoms with Gasteiger partial charge in [0.15, 0.2) is 0 Å². The van der Waals surface area contributed by atoms with Crippen molar-refractivity contribution >= 4 is 5.95 Å². The molecule has 1 unspecified atom stereocenters. The van der Waals surface area contributed by atoms with Crippen molar-refractivity contribution in [2.75, 3.05) is 25.6 Å². The Hall–Kier alpha value is -2.29. The Morgan fingerprint density at radius 3 is 2.85 bits per heavy atom. The van der Waals surface area contributed by atoms with E-state index in [4.69, 9.17) is 9.47 Å². The number of aromatic nitrogens is 6. The van der Waals surface area contributed by atoms with Gasteiger partial charge in [-0.25, -0.2) is 4.98 Å². The topological polar surface area (TPSA) is 99.9 Å². The number of rotatable bonds is 7. The lowest BCUT2D eigenvalue weighted by Crippen LogP contribution is -2.20. The fourth-order valence-corrected chi connectivity index (χ4v) is 1.50. The summed E-state index contributed by atoms with van der Waals surface area (Å²) >= 11 is 0. The molecule has 0 amide bonds. The van der Waals surface area contributed by atoms with Crippen molar-refractivity contribution < 1.29 is 9.47 Å². The number of hydrogen-bond acceptors (Lipinski definition) is 8. The van der Waals surface area contributed by atoms with Crippen LogP contribution in [0.4, 0.5) is 5.95 Å². The lowest BCUT2D eigenvalue weighted by molar-refractivity contribution is 0.0854. The predicted molar refractivity (Wildman–Crippen MR) is 70.9 cm³/mol. The van der Waals surface area contributed by atoms with E-state index in [-0.39, 0.29) is 12.1 Å². The summed E-state index contributed by atoms with van der Waals surface area (Å²) in [5.41, 5.74) is 0. The summed E-state index contributed by atoms with van der Waals surface area (Å²) in [6, 6.07) is 0.214. The minimum atomic E-state index is -0.166. The van der Waals surface area contributed by atoms with E-state index in [0.29, 0.717) is 25.0 Å². The Morgan fingerprint density at radius 2 is 2.20 bits per heavy atom. The highest BCUT2D eigenvalue weighted by molar-refractivity contribution is 5.29. The van der Waals surface area contributed by atoms with Gasteiger partial charge in [-0.05, 0) is 13.8 Å². The van der Waals surface area contributed by atoms with E-state index in [9.17, 15) is 0 Å². The fourth-order valence-electron chi connectivity index (χ4n) is 1.50. The van der Waals surface area contributed by atoms with E-state index in [1.165, 1.54) is 17.3 Å². The average molecular weight is 279 g/mol. The van der Waals surface area contributed by atoms with Gasteiger partial charge < -0.3 is 14.8 Å². The number of anilines is 1. The number of nitrogens with one attached hydrogen (secondary N) is 1. The highest BCUT2D eigenvalue weighted by Crippen LogP contribution is 2.11. The molecule has 0 radical (unpaired) electrons. The van der Waals surface area contributed by atoms with E-state index >= 15 is 0 Å². The molecule has 0 spiro atoms.